The van der Waals surface area contributed by atoms with Gasteiger partial charge in [0.1, 0.15) is 0 Å². The third-order valence-electron chi connectivity index (χ3n) is 3.48. The van der Waals surface area contributed by atoms with Gasteiger partial charge < -0.3 is 10.6 Å². The van der Waals surface area contributed by atoms with Crippen LogP contribution in [0, 0.1) is 0 Å². The molecule has 1 fully saturated rings. The van der Waals surface area contributed by atoms with Gasteiger partial charge in [0.15, 0.2) is 0 Å². The smallest absolute Gasteiger partial charge is 0.381 e. The van der Waals surface area contributed by atoms with Crippen LogP contribution in [-0.4, -0.2) is 16.9 Å². The highest BCUT2D eigenvalue weighted by atomic mass is 35.5. The molecule has 3 rings (SSSR count). The van der Waals surface area contributed by atoms with Crippen molar-refractivity contribution in [2.75, 3.05) is 10.6 Å². The van der Waals surface area contributed by atoms with Gasteiger partial charge in [0.25, 0.3) is 5.91 Å². The maximum absolute atomic E-state index is 13.1. The third-order valence-corrected chi connectivity index (χ3v) is 3.72. The standard InChI is InChI=1S/C16H13ClF3N3O/c17-10-1-4-14(13(6-10)16(18,19)20)23-15(24)9-5-12(8-21-7-9)22-11-2-3-11/h1,4-8,11,22H,2-3H2,(H,23,24). The average Bonchev–Trinajstić information content (AvgIpc) is 3.32. The van der Waals surface area contributed by atoms with Gasteiger partial charge in [-0.3, -0.25) is 9.78 Å². The van der Waals surface area contributed by atoms with Crippen molar-refractivity contribution in [2.45, 2.75) is 25.1 Å². The molecule has 8 heteroatoms. The number of pyridine rings is 1. The minimum atomic E-state index is -4.62. The molecule has 1 aromatic carbocycles. The molecule has 4 nitrogen and oxygen atoms in total. The molecule has 1 amide bonds. The van der Waals surface area contributed by atoms with Gasteiger partial charge >= 0.3 is 6.18 Å². The van der Waals surface area contributed by atoms with Crippen LogP contribution in [0.5, 0.6) is 0 Å². The molecule has 126 valence electrons. The number of nitrogens with one attached hydrogen (secondary N) is 2. The fourth-order valence-corrected chi connectivity index (χ4v) is 2.33. The maximum atomic E-state index is 13.1. The lowest BCUT2D eigenvalue weighted by atomic mass is 10.1. The Morgan fingerprint density at radius 3 is 2.62 bits per heavy atom. The summed E-state index contributed by atoms with van der Waals surface area (Å²) in [4.78, 5) is 16.2. The third kappa shape index (κ3) is 3.97. The molecular formula is C16H13ClF3N3O. The van der Waals surface area contributed by atoms with Gasteiger partial charge in [-0.25, -0.2) is 0 Å². The van der Waals surface area contributed by atoms with E-state index in [1.165, 1.54) is 12.3 Å². The van der Waals surface area contributed by atoms with Crippen molar-refractivity contribution in [2.24, 2.45) is 0 Å². The first-order chi connectivity index (χ1) is 11.3. The van der Waals surface area contributed by atoms with Crippen molar-refractivity contribution < 1.29 is 18.0 Å². The normalized spacial score (nSPS) is 14.3. The second kappa shape index (κ2) is 6.32. The van der Waals surface area contributed by atoms with Gasteiger partial charge in [0, 0.05) is 23.5 Å². The summed E-state index contributed by atoms with van der Waals surface area (Å²) < 4.78 is 39.2. The largest absolute Gasteiger partial charge is 0.418 e. The second-order valence-corrected chi connectivity index (χ2v) is 5.96. The van der Waals surface area contributed by atoms with Crippen LogP contribution < -0.4 is 10.6 Å². The molecule has 2 N–H and O–H groups in total. The molecule has 0 bridgehead atoms. The summed E-state index contributed by atoms with van der Waals surface area (Å²) in [7, 11) is 0. The number of anilines is 2. The van der Waals surface area contributed by atoms with Crippen LogP contribution in [0.3, 0.4) is 0 Å². The summed E-state index contributed by atoms with van der Waals surface area (Å²) in [5.41, 5.74) is -0.512. The number of hydrogen-bond donors (Lipinski definition) is 2. The Kier molecular flexibility index (Phi) is 4.36. The lowest BCUT2D eigenvalue weighted by Gasteiger charge is -2.14. The van der Waals surface area contributed by atoms with E-state index < -0.39 is 17.6 Å². The molecule has 0 saturated heterocycles. The summed E-state index contributed by atoms with van der Waals surface area (Å²) in [6.45, 7) is 0. The van der Waals surface area contributed by atoms with Crippen molar-refractivity contribution in [3.8, 4) is 0 Å². The predicted molar refractivity (Wildman–Crippen MR) is 85.3 cm³/mol. The van der Waals surface area contributed by atoms with Crippen molar-refractivity contribution >= 4 is 28.9 Å². The molecule has 0 spiro atoms. The maximum Gasteiger partial charge on any atom is 0.418 e. The van der Waals surface area contributed by atoms with Gasteiger partial charge in [0.2, 0.25) is 0 Å². The first-order valence-corrected chi connectivity index (χ1v) is 7.60. The number of amides is 1. The highest BCUT2D eigenvalue weighted by Gasteiger charge is 2.34. The van der Waals surface area contributed by atoms with Gasteiger partial charge in [-0.2, -0.15) is 13.2 Å². The molecule has 0 atom stereocenters. The van der Waals surface area contributed by atoms with Crippen LogP contribution >= 0.6 is 11.6 Å². The van der Waals surface area contributed by atoms with E-state index >= 15 is 0 Å². The van der Waals surface area contributed by atoms with E-state index in [1.54, 1.807) is 12.3 Å². The average molecular weight is 356 g/mol. The zero-order valence-corrected chi connectivity index (χ0v) is 13.1. The predicted octanol–water partition coefficient (Wildman–Crippen LogP) is 4.58. The molecule has 1 aliphatic rings. The number of alkyl halides is 3. The zero-order chi connectivity index (χ0) is 17.3. The van der Waals surface area contributed by atoms with Crippen molar-refractivity contribution in [3.63, 3.8) is 0 Å². The molecule has 1 saturated carbocycles. The van der Waals surface area contributed by atoms with E-state index in [2.05, 4.69) is 15.6 Å². The molecule has 0 aliphatic heterocycles. The monoisotopic (exact) mass is 355 g/mol. The number of aromatic nitrogens is 1. The first kappa shape index (κ1) is 16.6. The molecule has 2 aromatic rings. The molecule has 1 aliphatic carbocycles. The molecular weight excluding hydrogens is 343 g/mol. The fraction of sp³-hybridized carbons (Fsp3) is 0.250. The fourth-order valence-electron chi connectivity index (χ4n) is 2.16. The number of nitrogens with zero attached hydrogens (tertiary/aromatic N) is 1. The van der Waals surface area contributed by atoms with Crippen LogP contribution in [0.15, 0.2) is 36.7 Å². The Bertz CT molecular complexity index is 775. The Balaban J connectivity index is 1.82. The zero-order valence-electron chi connectivity index (χ0n) is 12.3. The van der Waals surface area contributed by atoms with Crippen LogP contribution in [0.2, 0.25) is 5.02 Å². The quantitative estimate of drug-likeness (QED) is 0.844. The highest BCUT2D eigenvalue weighted by molar-refractivity contribution is 6.30. The van der Waals surface area contributed by atoms with Gasteiger partial charge in [-0.05, 0) is 37.1 Å². The number of hydrogen-bond acceptors (Lipinski definition) is 3. The minimum absolute atomic E-state index is 0.0578. The van der Waals surface area contributed by atoms with Crippen molar-refractivity contribution in [1.82, 2.24) is 4.98 Å². The molecule has 0 unspecified atom stereocenters. The van der Waals surface area contributed by atoms with Gasteiger partial charge in [-0.15, -0.1) is 0 Å². The number of carbonyl (C=O) groups is 1. The van der Waals surface area contributed by atoms with E-state index in [4.69, 9.17) is 11.6 Å². The minimum Gasteiger partial charge on any atom is -0.381 e. The van der Waals surface area contributed by atoms with Crippen LogP contribution in [-0.2, 0) is 6.18 Å². The lowest BCUT2D eigenvalue weighted by Crippen LogP contribution is -2.17. The Morgan fingerprint density at radius 2 is 1.96 bits per heavy atom. The SMILES string of the molecule is O=C(Nc1ccc(Cl)cc1C(F)(F)F)c1cncc(NC2CC2)c1. The summed E-state index contributed by atoms with van der Waals surface area (Å²) in [5, 5.41) is 5.39. The Morgan fingerprint density at radius 1 is 1.21 bits per heavy atom. The van der Waals surface area contributed by atoms with Crippen molar-refractivity contribution in [3.05, 3.63) is 52.8 Å². The van der Waals surface area contributed by atoms with E-state index in [9.17, 15) is 18.0 Å². The van der Waals surface area contributed by atoms with E-state index in [0.717, 1.165) is 25.0 Å². The number of carbonyl (C=O) groups excluding carboxylic acids is 1. The molecule has 1 heterocycles. The Labute approximate surface area is 141 Å². The molecule has 0 radical (unpaired) electrons. The Hall–Kier alpha value is -2.28. The number of halogens is 4. The summed E-state index contributed by atoms with van der Waals surface area (Å²) in [6.07, 6.45) is 0.350. The van der Waals surface area contributed by atoms with E-state index in [-0.39, 0.29) is 16.3 Å². The summed E-state index contributed by atoms with van der Waals surface area (Å²) in [6, 6.07) is 5.13. The summed E-state index contributed by atoms with van der Waals surface area (Å²) >= 11 is 5.62. The molecule has 1 aromatic heterocycles. The summed E-state index contributed by atoms with van der Waals surface area (Å²) in [5.74, 6) is -0.672. The van der Waals surface area contributed by atoms with Crippen molar-refractivity contribution in [1.29, 1.82) is 0 Å². The highest BCUT2D eigenvalue weighted by Crippen LogP contribution is 2.36. The number of benzene rings is 1. The second-order valence-electron chi connectivity index (χ2n) is 5.52. The van der Waals surface area contributed by atoms with E-state index in [1.807, 2.05) is 0 Å². The van der Waals surface area contributed by atoms with Crippen LogP contribution in [0.1, 0.15) is 28.8 Å². The topological polar surface area (TPSA) is 54.0 Å². The van der Waals surface area contributed by atoms with Crippen LogP contribution in [0.4, 0.5) is 24.5 Å². The van der Waals surface area contributed by atoms with Gasteiger partial charge in [0.05, 0.1) is 22.5 Å². The first-order valence-electron chi connectivity index (χ1n) is 7.22. The number of rotatable bonds is 4. The van der Waals surface area contributed by atoms with Crippen LogP contribution in [0.25, 0.3) is 0 Å². The van der Waals surface area contributed by atoms with E-state index in [0.29, 0.717) is 11.7 Å². The molecule has 24 heavy (non-hydrogen) atoms. The van der Waals surface area contributed by atoms with Gasteiger partial charge in [-0.1, -0.05) is 11.6 Å². The lowest BCUT2D eigenvalue weighted by molar-refractivity contribution is -0.136.